The Hall–Kier alpha value is -1.81. The van der Waals surface area contributed by atoms with Gasteiger partial charge < -0.3 is 0 Å². The molecule has 16 heavy (non-hydrogen) atoms. The van der Waals surface area contributed by atoms with E-state index in [1.165, 1.54) is 0 Å². The van der Waals surface area contributed by atoms with E-state index in [2.05, 4.69) is 4.98 Å². The predicted octanol–water partition coefficient (Wildman–Crippen LogP) is 2.65. The summed E-state index contributed by atoms with van der Waals surface area (Å²) >= 11 is 5.42. The largest absolute Gasteiger partial charge is 0.300 e. The van der Waals surface area contributed by atoms with Crippen molar-refractivity contribution >= 4 is 17.3 Å². The van der Waals surface area contributed by atoms with E-state index >= 15 is 0 Å². The second-order valence-corrected chi connectivity index (χ2v) is 3.12. The maximum absolute atomic E-state index is 12.6. The summed E-state index contributed by atoms with van der Waals surface area (Å²) in [6.45, 7) is 0. The molecular formula is C8H4ClF2N3O2. The Labute approximate surface area is 93.4 Å². The number of rotatable bonds is 3. The van der Waals surface area contributed by atoms with Gasteiger partial charge in [0.2, 0.25) is 0 Å². The standard InChI is InChI=1S/C8H4ClF2N3O2/c9-4-3-13-5(1-2-12)6(8(10)11)7(4)14(15)16/h3,8H,1H2. The summed E-state index contributed by atoms with van der Waals surface area (Å²) in [4.78, 5) is 13.1. The van der Waals surface area contributed by atoms with E-state index in [1.54, 1.807) is 6.07 Å². The average Bonchev–Trinajstić information content (AvgIpc) is 2.19. The van der Waals surface area contributed by atoms with Gasteiger partial charge in [-0.05, 0) is 0 Å². The van der Waals surface area contributed by atoms with Gasteiger partial charge in [-0.2, -0.15) is 5.26 Å². The normalized spacial score (nSPS) is 10.2. The lowest BCUT2D eigenvalue weighted by molar-refractivity contribution is -0.386. The third-order valence-electron chi connectivity index (χ3n) is 1.77. The number of alkyl halides is 2. The number of nitro groups is 1. The van der Waals surface area contributed by atoms with Crippen LogP contribution in [0.5, 0.6) is 0 Å². The molecule has 5 nitrogen and oxygen atoms in total. The highest BCUT2D eigenvalue weighted by Crippen LogP contribution is 2.36. The fraction of sp³-hybridized carbons (Fsp3) is 0.250. The molecule has 0 saturated heterocycles. The van der Waals surface area contributed by atoms with Crippen molar-refractivity contribution in [3.63, 3.8) is 0 Å². The average molecular weight is 248 g/mol. The molecule has 1 aromatic rings. The molecule has 1 rings (SSSR count). The van der Waals surface area contributed by atoms with Crippen LogP contribution in [0, 0.1) is 21.4 Å². The number of nitriles is 1. The van der Waals surface area contributed by atoms with E-state index in [0.717, 1.165) is 6.20 Å². The molecule has 8 heteroatoms. The minimum Gasteiger partial charge on any atom is -0.258 e. The van der Waals surface area contributed by atoms with Crippen LogP contribution < -0.4 is 0 Å². The van der Waals surface area contributed by atoms with Crippen LogP contribution in [0.3, 0.4) is 0 Å². The molecule has 0 saturated carbocycles. The van der Waals surface area contributed by atoms with E-state index < -0.39 is 34.0 Å². The monoisotopic (exact) mass is 247 g/mol. The summed E-state index contributed by atoms with van der Waals surface area (Å²) < 4.78 is 25.3. The highest BCUT2D eigenvalue weighted by Gasteiger charge is 2.29. The van der Waals surface area contributed by atoms with Crippen LogP contribution in [-0.2, 0) is 6.42 Å². The molecule has 1 aromatic heterocycles. The summed E-state index contributed by atoms with van der Waals surface area (Å²) in [5.41, 5.74) is -2.11. The summed E-state index contributed by atoms with van der Waals surface area (Å²) in [5.74, 6) is 0. The van der Waals surface area contributed by atoms with Crippen LogP contribution in [0.4, 0.5) is 14.5 Å². The molecule has 0 unspecified atom stereocenters. The van der Waals surface area contributed by atoms with Gasteiger partial charge in [-0.3, -0.25) is 15.1 Å². The first kappa shape index (κ1) is 12.3. The van der Waals surface area contributed by atoms with Crippen LogP contribution >= 0.6 is 11.6 Å². The first-order chi connectivity index (χ1) is 7.49. The lowest BCUT2D eigenvalue weighted by atomic mass is 10.1. The Balaban J connectivity index is 3.51. The van der Waals surface area contributed by atoms with E-state index in [-0.39, 0.29) is 5.69 Å². The Morgan fingerprint density at radius 3 is 2.75 bits per heavy atom. The molecule has 0 aliphatic rings. The van der Waals surface area contributed by atoms with Gasteiger partial charge >= 0.3 is 0 Å². The van der Waals surface area contributed by atoms with Crippen LogP contribution in [0.15, 0.2) is 6.20 Å². The minimum atomic E-state index is -3.10. The van der Waals surface area contributed by atoms with Crippen molar-refractivity contribution in [2.24, 2.45) is 0 Å². The summed E-state index contributed by atoms with van der Waals surface area (Å²) in [6.07, 6.45) is -2.65. The van der Waals surface area contributed by atoms with Gasteiger partial charge in [0.1, 0.15) is 10.6 Å². The van der Waals surface area contributed by atoms with Crippen molar-refractivity contribution < 1.29 is 13.7 Å². The maximum Gasteiger partial charge on any atom is 0.300 e. The van der Waals surface area contributed by atoms with Crippen LogP contribution in [0.25, 0.3) is 0 Å². The van der Waals surface area contributed by atoms with Crippen molar-refractivity contribution in [2.75, 3.05) is 0 Å². The second kappa shape index (κ2) is 4.81. The lowest BCUT2D eigenvalue weighted by Crippen LogP contribution is -2.04. The number of hydrogen-bond acceptors (Lipinski definition) is 4. The Kier molecular flexibility index (Phi) is 3.68. The Morgan fingerprint density at radius 1 is 1.69 bits per heavy atom. The predicted molar refractivity (Wildman–Crippen MR) is 50.2 cm³/mol. The zero-order valence-corrected chi connectivity index (χ0v) is 8.41. The molecule has 1 heterocycles. The number of halogens is 3. The summed E-state index contributed by atoms with van der Waals surface area (Å²) in [7, 11) is 0. The van der Waals surface area contributed by atoms with Crippen LogP contribution in [0.1, 0.15) is 17.7 Å². The molecule has 0 aromatic carbocycles. The van der Waals surface area contributed by atoms with Gasteiger partial charge in [-0.25, -0.2) is 8.78 Å². The van der Waals surface area contributed by atoms with Gasteiger partial charge in [0.05, 0.1) is 29.3 Å². The molecule has 0 N–H and O–H groups in total. The smallest absolute Gasteiger partial charge is 0.258 e. The van der Waals surface area contributed by atoms with E-state index in [1.807, 2.05) is 0 Å². The van der Waals surface area contributed by atoms with Crippen molar-refractivity contribution in [1.82, 2.24) is 4.98 Å². The maximum atomic E-state index is 12.6. The quantitative estimate of drug-likeness (QED) is 0.607. The third-order valence-corrected chi connectivity index (χ3v) is 2.05. The molecule has 0 radical (unpaired) electrons. The number of pyridine rings is 1. The second-order valence-electron chi connectivity index (χ2n) is 2.71. The Bertz CT molecular complexity index is 473. The molecule has 0 atom stereocenters. The Morgan fingerprint density at radius 2 is 2.31 bits per heavy atom. The van der Waals surface area contributed by atoms with Gasteiger partial charge in [0, 0.05) is 0 Å². The third kappa shape index (κ3) is 2.23. The van der Waals surface area contributed by atoms with E-state index in [4.69, 9.17) is 16.9 Å². The number of nitrogens with zero attached hydrogens (tertiary/aromatic N) is 3. The van der Waals surface area contributed by atoms with Crippen LogP contribution in [0.2, 0.25) is 5.02 Å². The van der Waals surface area contributed by atoms with Gasteiger partial charge in [-0.1, -0.05) is 11.6 Å². The molecule has 0 amide bonds. The molecule has 0 bridgehead atoms. The van der Waals surface area contributed by atoms with E-state index in [0.29, 0.717) is 0 Å². The fourth-order valence-electron chi connectivity index (χ4n) is 1.16. The first-order valence-electron chi connectivity index (χ1n) is 3.95. The van der Waals surface area contributed by atoms with E-state index in [9.17, 15) is 18.9 Å². The minimum absolute atomic E-state index is 0.325. The molecule has 0 aliphatic carbocycles. The zero-order chi connectivity index (χ0) is 12.3. The highest BCUT2D eigenvalue weighted by atomic mass is 35.5. The molecule has 0 fully saturated rings. The first-order valence-corrected chi connectivity index (χ1v) is 4.33. The SMILES string of the molecule is N#CCc1ncc(Cl)c([N+](=O)[O-])c1C(F)F. The molecule has 84 valence electrons. The molecule has 0 spiro atoms. The zero-order valence-electron chi connectivity index (χ0n) is 7.65. The van der Waals surface area contributed by atoms with Gasteiger partial charge in [-0.15, -0.1) is 0 Å². The summed E-state index contributed by atoms with van der Waals surface area (Å²) in [5, 5.41) is 18.5. The van der Waals surface area contributed by atoms with Crippen molar-refractivity contribution in [1.29, 1.82) is 5.26 Å². The van der Waals surface area contributed by atoms with Crippen molar-refractivity contribution in [3.8, 4) is 6.07 Å². The molecule has 0 aliphatic heterocycles. The number of aromatic nitrogens is 1. The van der Waals surface area contributed by atoms with Crippen molar-refractivity contribution in [2.45, 2.75) is 12.8 Å². The topological polar surface area (TPSA) is 79.8 Å². The van der Waals surface area contributed by atoms with Crippen molar-refractivity contribution in [3.05, 3.63) is 32.6 Å². The lowest BCUT2D eigenvalue weighted by Gasteiger charge is -2.06. The summed E-state index contributed by atoms with van der Waals surface area (Å²) in [6, 6.07) is 1.60. The fourth-order valence-corrected chi connectivity index (χ4v) is 1.38. The van der Waals surface area contributed by atoms with Gasteiger partial charge in [0.15, 0.2) is 0 Å². The molecular weight excluding hydrogens is 244 g/mol. The highest BCUT2D eigenvalue weighted by molar-refractivity contribution is 6.32. The number of hydrogen-bond donors (Lipinski definition) is 0. The van der Waals surface area contributed by atoms with Crippen LogP contribution in [-0.4, -0.2) is 9.91 Å². The van der Waals surface area contributed by atoms with Gasteiger partial charge in [0.25, 0.3) is 12.1 Å².